The SMILES string of the molecule is CCOC(=O)[C@@]1(c2ccccc2)C[C@H]1CN1[C@@H]2CC[C@H]1CC(n1c(C)nc3ccccc31)C2. The van der Waals surface area contributed by atoms with Crippen molar-refractivity contribution in [3.05, 3.63) is 66.0 Å². The summed E-state index contributed by atoms with van der Waals surface area (Å²) < 4.78 is 8.05. The number of hydrogen-bond donors (Lipinski definition) is 0. The third kappa shape index (κ3) is 3.31. The standard InChI is InChI=1S/C28H33N3O2/c1-3-33-27(32)28(20-9-5-4-6-10-20)17-21(28)18-30-22-13-14-23(30)16-24(15-22)31-19(2)29-25-11-7-8-12-26(25)31/h4-12,21-24H,3,13-18H2,1-2H3/t21-,22-,23+,24?,28+/m0/s1. The lowest BCUT2D eigenvalue weighted by Crippen LogP contribution is -2.45. The molecule has 1 aromatic heterocycles. The average molecular weight is 444 g/mol. The molecule has 2 saturated heterocycles. The Morgan fingerprint density at radius 2 is 1.73 bits per heavy atom. The van der Waals surface area contributed by atoms with Gasteiger partial charge in [-0.3, -0.25) is 9.69 Å². The van der Waals surface area contributed by atoms with Crippen LogP contribution in [-0.2, 0) is 14.9 Å². The number of esters is 1. The number of fused-ring (bicyclic) bond motifs is 3. The van der Waals surface area contributed by atoms with Crippen LogP contribution >= 0.6 is 0 Å². The van der Waals surface area contributed by atoms with Crippen LogP contribution < -0.4 is 0 Å². The highest BCUT2D eigenvalue weighted by Gasteiger charge is 2.63. The Balaban J connectivity index is 1.22. The predicted molar refractivity (Wildman–Crippen MR) is 129 cm³/mol. The van der Waals surface area contributed by atoms with Gasteiger partial charge in [-0.25, -0.2) is 4.98 Å². The van der Waals surface area contributed by atoms with Crippen molar-refractivity contribution >= 4 is 17.0 Å². The first-order chi connectivity index (χ1) is 16.1. The van der Waals surface area contributed by atoms with Crippen LogP contribution in [0.25, 0.3) is 11.0 Å². The van der Waals surface area contributed by atoms with Crippen LogP contribution in [0.1, 0.15) is 56.5 Å². The van der Waals surface area contributed by atoms with E-state index in [1.807, 2.05) is 25.1 Å². The van der Waals surface area contributed by atoms with Crippen molar-refractivity contribution in [2.24, 2.45) is 5.92 Å². The Hall–Kier alpha value is -2.66. The van der Waals surface area contributed by atoms with E-state index in [2.05, 4.69) is 52.8 Å². The second kappa shape index (κ2) is 7.98. The zero-order valence-corrected chi connectivity index (χ0v) is 19.6. The van der Waals surface area contributed by atoms with Gasteiger partial charge in [-0.15, -0.1) is 0 Å². The fourth-order valence-corrected chi connectivity index (χ4v) is 6.90. The molecule has 1 unspecified atom stereocenters. The molecule has 0 amide bonds. The molecule has 5 heteroatoms. The fraction of sp³-hybridized carbons (Fsp3) is 0.500. The Morgan fingerprint density at radius 1 is 1.03 bits per heavy atom. The monoisotopic (exact) mass is 443 g/mol. The van der Waals surface area contributed by atoms with Gasteiger partial charge in [0.2, 0.25) is 0 Å². The topological polar surface area (TPSA) is 47.4 Å². The number of aryl methyl sites for hydroxylation is 1. The van der Waals surface area contributed by atoms with Crippen LogP contribution in [0.3, 0.4) is 0 Å². The molecule has 172 valence electrons. The van der Waals surface area contributed by atoms with E-state index < -0.39 is 5.41 Å². The maximum Gasteiger partial charge on any atom is 0.316 e. The first-order valence-corrected chi connectivity index (χ1v) is 12.5. The van der Waals surface area contributed by atoms with Gasteiger partial charge >= 0.3 is 5.97 Å². The van der Waals surface area contributed by atoms with E-state index in [0.717, 1.165) is 29.9 Å². The van der Waals surface area contributed by atoms with Crippen molar-refractivity contribution in [3.63, 3.8) is 0 Å². The van der Waals surface area contributed by atoms with Gasteiger partial charge in [-0.2, -0.15) is 0 Å². The van der Waals surface area contributed by atoms with Gasteiger partial charge in [0.05, 0.1) is 23.1 Å². The molecule has 33 heavy (non-hydrogen) atoms. The second-order valence-corrected chi connectivity index (χ2v) is 10.2. The Morgan fingerprint density at radius 3 is 2.45 bits per heavy atom. The second-order valence-electron chi connectivity index (χ2n) is 10.2. The molecule has 3 aliphatic rings. The molecular weight excluding hydrogens is 410 g/mol. The number of ether oxygens (including phenoxy) is 1. The Kier molecular flexibility index (Phi) is 5.06. The molecular formula is C28H33N3O2. The number of para-hydroxylation sites is 2. The smallest absolute Gasteiger partial charge is 0.316 e. The lowest BCUT2D eigenvalue weighted by atomic mass is 9.91. The van der Waals surface area contributed by atoms with E-state index in [9.17, 15) is 4.79 Å². The summed E-state index contributed by atoms with van der Waals surface area (Å²) in [6.45, 7) is 5.49. The average Bonchev–Trinajstić information content (AvgIpc) is 3.39. The summed E-state index contributed by atoms with van der Waals surface area (Å²) in [5, 5.41) is 0. The Labute approximate surface area is 195 Å². The van der Waals surface area contributed by atoms with Crippen LogP contribution in [0.5, 0.6) is 0 Å². The minimum absolute atomic E-state index is 0.0380. The van der Waals surface area contributed by atoms with Crippen LogP contribution in [0.15, 0.2) is 54.6 Å². The molecule has 5 atom stereocenters. The Bertz CT molecular complexity index is 1160. The molecule has 2 bridgehead atoms. The molecule has 3 aromatic rings. The third-order valence-electron chi connectivity index (χ3n) is 8.46. The summed E-state index contributed by atoms with van der Waals surface area (Å²) >= 11 is 0. The first kappa shape index (κ1) is 20.9. The first-order valence-electron chi connectivity index (χ1n) is 12.5. The molecule has 0 N–H and O–H groups in total. The van der Waals surface area contributed by atoms with E-state index in [4.69, 9.17) is 9.72 Å². The summed E-state index contributed by atoms with van der Waals surface area (Å²) in [4.78, 5) is 20.6. The maximum absolute atomic E-state index is 13.1. The molecule has 5 nitrogen and oxygen atoms in total. The number of aromatic nitrogens is 2. The lowest BCUT2D eigenvalue weighted by molar-refractivity contribution is -0.146. The predicted octanol–water partition coefficient (Wildman–Crippen LogP) is 5.03. The lowest BCUT2D eigenvalue weighted by Gasteiger charge is -2.40. The van der Waals surface area contributed by atoms with Crippen molar-refractivity contribution in [1.29, 1.82) is 0 Å². The summed E-state index contributed by atoms with van der Waals surface area (Å²) in [6, 6.07) is 20.5. The number of piperidine rings is 1. The number of nitrogens with zero attached hydrogens (tertiary/aromatic N) is 3. The van der Waals surface area contributed by atoms with Gasteiger partial charge in [0.25, 0.3) is 0 Å². The van der Waals surface area contributed by atoms with Crippen LogP contribution in [-0.4, -0.2) is 45.7 Å². The highest BCUT2D eigenvalue weighted by atomic mass is 16.5. The van der Waals surface area contributed by atoms with E-state index >= 15 is 0 Å². The normalized spacial score (nSPS) is 31.1. The van der Waals surface area contributed by atoms with Crippen molar-refractivity contribution in [2.75, 3.05) is 13.2 Å². The summed E-state index contributed by atoms with van der Waals surface area (Å²) in [5.41, 5.74) is 3.03. The molecule has 3 fully saturated rings. The van der Waals surface area contributed by atoms with Gasteiger partial charge in [0.1, 0.15) is 5.82 Å². The molecule has 6 rings (SSSR count). The van der Waals surface area contributed by atoms with Gasteiger partial charge in [0, 0.05) is 24.7 Å². The van der Waals surface area contributed by atoms with Gasteiger partial charge in [-0.1, -0.05) is 42.5 Å². The van der Waals surface area contributed by atoms with Crippen LogP contribution in [0, 0.1) is 12.8 Å². The zero-order valence-electron chi connectivity index (χ0n) is 19.6. The fourth-order valence-electron chi connectivity index (χ4n) is 6.90. The molecule has 1 aliphatic carbocycles. The molecule has 2 aliphatic heterocycles. The van der Waals surface area contributed by atoms with E-state index in [0.29, 0.717) is 30.7 Å². The van der Waals surface area contributed by atoms with Crippen LogP contribution in [0.4, 0.5) is 0 Å². The number of hydrogen-bond acceptors (Lipinski definition) is 4. The number of rotatable bonds is 6. The van der Waals surface area contributed by atoms with E-state index in [1.54, 1.807) is 0 Å². The third-order valence-corrected chi connectivity index (χ3v) is 8.46. The van der Waals surface area contributed by atoms with E-state index in [-0.39, 0.29) is 5.97 Å². The highest BCUT2D eigenvalue weighted by Crippen LogP contribution is 2.57. The molecule has 0 spiro atoms. The largest absolute Gasteiger partial charge is 0.465 e. The van der Waals surface area contributed by atoms with Gasteiger partial charge in [-0.05, 0) is 69.6 Å². The number of carbonyl (C=O) groups excluding carboxylic acids is 1. The molecule has 1 saturated carbocycles. The maximum atomic E-state index is 13.1. The van der Waals surface area contributed by atoms with Crippen molar-refractivity contribution in [2.45, 2.75) is 69.5 Å². The van der Waals surface area contributed by atoms with Crippen LogP contribution in [0.2, 0.25) is 0 Å². The minimum Gasteiger partial charge on any atom is -0.465 e. The summed E-state index contributed by atoms with van der Waals surface area (Å²) in [6.07, 6.45) is 5.76. The van der Waals surface area contributed by atoms with Crippen molar-refractivity contribution in [3.8, 4) is 0 Å². The highest BCUT2D eigenvalue weighted by molar-refractivity contribution is 5.87. The molecule has 2 aromatic carbocycles. The van der Waals surface area contributed by atoms with Gasteiger partial charge < -0.3 is 9.30 Å². The van der Waals surface area contributed by atoms with Crippen molar-refractivity contribution in [1.82, 2.24) is 14.5 Å². The number of imidazole rings is 1. The minimum atomic E-state index is -0.454. The summed E-state index contributed by atoms with van der Waals surface area (Å²) in [5.74, 6) is 1.43. The zero-order chi connectivity index (χ0) is 22.6. The van der Waals surface area contributed by atoms with Crippen molar-refractivity contribution < 1.29 is 9.53 Å². The van der Waals surface area contributed by atoms with Gasteiger partial charge in [0.15, 0.2) is 0 Å². The molecule has 3 heterocycles. The summed E-state index contributed by atoms with van der Waals surface area (Å²) in [7, 11) is 0. The number of benzene rings is 2. The molecule has 0 radical (unpaired) electrons. The quantitative estimate of drug-likeness (QED) is 0.501. The number of carbonyl (C=O) groups is 1. The van der Waals surface area contributed by atoms with E-state index in [1.165, 1.54) is 31.2 Å².